The molecule has 4 rings (SSSR count). The van der Waals surface area contributed by atoms with Crippen LogP contribution in [0.5, 0.6) is 0 Å². The predicted molar refractivity (Wildman–Crippen MR) is 103 cm³/mol. The highest BCUT2D eigenvalue weighted by Gasteiger charge is 2.29. The number of nitrogens with one attached hydrogen (secondary N) is 1. The Balaban J connectivity index is 1.40. The molecule has 0 saturated carbocycles. The molecule has 0 unspecified atom stereocenters. The maximum atomic E-state index is 11.5. The van der Waals surface area contributed by atoms with E-state index in [0.717, 1.165) is 42.7 Å². The Morgan fingerprint density at radius 2 is 1.85 bits per heavy atom. The van der Waals surface area contributed by atoms with Gasteiger partial charge in [0.15, 0.2) is 0 Å². The number of hydrogen-bond acceptors (Lipinski definition) is 3. The summed E-state index contributed by atoms with van der Waals surface area (Å²) >= 11 is 0. The zero-order valence-electron chi connectivity index (χ0n) is 15.2. The highest BCUT2D eigenvalue weighted by molar-refractivity contribution is 5.99. The molecule has 0 spiro atoms. The lowest BCUT2D eigenvalue weighted by atomic mass is 9.88. The third kappa shape index (κ3) is 3.39. The van der Waals surface area contributed by atoms with Crippen LogP contribution in [-0.2, 0) is 11.2 Å². The molecule has 1 amide bonds. The topological polar surface area (TPSA) is 52.6 Å². The summed E-state index contributed by atoms with van der Waals surface area (Å²) in [6, 6.07) is 16.6. The highest BCUT2D eigenvalue weighted by Crippen LogP contribution is 2.32. The molecule has 1 saturated heterocycles. The molecule has 2 heterocycles. The van der Waals surface area contributed by atoms with Gasteiger partial charge >= 0.3 is 0 Å². The minimum atomic E-state index is -0.538. The number of likely N-dealkylation sites (tertiary alicyclic amines) is 1. The molecule has 0 bridgehead atoms. The van der Waals surface area contributed by atoms with E-state index in [2.05, 4.69) is 47.5 Å². The van der Waals surface area contributed by atoms with Crippen LogP contribution in [0.25, 0.3) is 0 Å². The van der Waals surface area contributed by atoms with Crippen LogP contribution in [0.4, 0.5) is 5.69 Å². The van der Waals surface area contributed by atoms with Crippen molar-refractivity contribution in [3.8, 4) is 0 Å². The van der Waals surface area contributed by atoms with E-state index in [4.69, 9.17) is 0 Å². The van der Waals surface area contributed by atoms with E-state index in [9.17, 15) is 9.90 Å². The first-order valence-corrected chi connectivity index (χ1v) is 9.51. The average molecular weight is 350 g/mol. The first-order valence-electron chi connectivity index (χ1n) is 9.51. The number of nitrogens with zero attached hydrogens (tertiary/aromatic N) is 1. The fourth-order valence-corrected chi connectivity index (χ4v) is 4.28. The molecule has 0 radical (unpaired) electrons. The molecule has 2 aromatic carbocycles. The van der Waals surface area contributed by atoms with Gasteiger partial charge in [-0.3, -0.25) is 9.69 Å². The summed E-state index contributed by atoms with van der Waals surface area (Å²) in [5, 5.41) is 13.7. The Hall–Kier alpha value is -2.17. The lowest BCUT2D eigenvalue weighted by molar-refractivity contribution is -0.115. The number of carbonyl (C=O) groups is 1. The van der Waals surface area contributed by atoms with Gasteiger partial charge in [0.25, 0.3) is 0 Å². The normalized spacial score (nSPS) is 20.5. The molecule has 2 atom stereocenters. The second kappa shape index (κ2) is 7.22. The minimum absolute atomic E-state index is 0.0303. The van der Waals surface area contributed by atoms with Crippen LogP contribution in [0.15, 0.2) is 48.5 Å². The molecule has 2 aromatic rings. The summed E-state index contributed by atoms with van der Waals surface area (Å²) < 4.78 is 0. The number of fused-ring (bicyclic) bond motifs is 1. The Labute approximate surface area is 154 Å². The van der Waals surface area contributed by atoms with Gasteiger partial charge in [0.05, 0.1) is 12.5 Å². The fourth-order valence-electron chi connectivity index (χ4n) is 4.28. The van der Waals surface area contributed by atoms with Gasteiger partial charge in [-0.05, 0) is 61.5 Å². The summed E-state index contributed by atoms with van der Waals surface area (Å²) in [5.41, 5.74) is 4.19. The van der Waals surface area contributed by atoms with Gasteiger partial charge in [-0.25, -0.2) is 0 Å². The quantitative estimate of drug-likeness (QED) is 0.888. The van der Waals surface area contributed by atoms with E-state index < -0.39 is 6.10 Å². The molecule has 0 aliphatic carbocycles. The van der Waals surface area contributed by atoms with E-state index >= 15 is 0 Å². The molecule has 136 valence electrons. The van der Waals surface area contributed by atoms with Crippen molar-refractivity contribution in [2.75, 3.05) is 18.4 Å². The number of aliphatic hydroxyl groups is 1. The van der Waals surface area contributed by atoms with Crippen LogP contribution in [0.2, 0.25) is 0 Å². The maximum absolute atomic E-state index is 11.5. The number of rotatable bonds is 4. The van der Waals surface area contributed by atoms with E-state index in [1.54, 1.807) is 0 Å². The molecule has 4 heteroatoms. The SMILES string of the molecule is C[C@@H]([C@@H](O)c1ccc2c(c1)CC(=O)N2)N1CCC(c2ccccc2)CC1. The van der Waals surface area contributed by atoms with Crippen molar-refractivity contribution in [2.24, 2.45) is 0 Å². The summed E-state index contributed by atoms with van der Waals surface area (Å²) in [5.74, 6) is 0.650. The van der Waals surface area contributed by atoms with Crippen molar-refractivity contribution in [3.05, 3.63) is 65.2 Å². The van der Waals surface area contributed by atoms with Crippen molar-refractivity contribution < 1.29 is 9.90 Å². The van der Waals surface area contributed by atoms with Crippen molar-refractivity contribution in [3.63, 3.8) is 0 Å². The van der Waals surface area contributed by atoms with Crippen LogP contribution in [0, 0.1) is 0 Å². The number of piperidine rings is 1. The lowest BCUT2D eigenvalue weighted by Gasteiger charge is -2.38. The number of aliphatic hydroxyl groups excluding tert-OH is 1. The van der Waals surface area contributed by atoms with Crippen LogP contribution in [0.1, 0.15) is 48.5 Å². The smallest absolute Gasteiger partial charge is 0.228 e. The number of anilines is 1. The van der Waals surface area contributed by atoms with Gasteiger partial charge in [-0.2, -0.15) is 0 Å². The van der Waals surface area contributed by atoms with E-state index in [1.807, 2.05) is 18.2 Å². The monoisotopic (exact) mass is 350 g/mol. The van der Waals surface area contributed by atoms with Gasteiger partial charge < -0.3 is 10.4 Å². The summed E-state index contributed by atoms with van der Waals surface area (Å²) in [4.78, 5) is 13.9. The number of benzene rings is 2. The second-order valence-corrected chi connectivity index (χ2v) is 7.55. The van der Waals surface area contributed by atoms with Gasteiger partial charge in [0.1, 0.15) is 0 Å². The van der Waals surface area contributed by atoms with E-state index in [0.29, 0.717) is 12.3 Å². The Kier molecular flexibility index (Phi) is 4.79. The summed E-state index contributed by atoms with van der Waals surface area (Å²) in [7, 11) is 0. The fraction of sp³-hybridized carbons (Fsp3) is 0.409. The average Bonchev–Trinajstić information content (AvgIpc) is 3.07. The third-order valence-corrected chi connectivity index (χ3v) is 5.93. The van der Waals surface area contributed by atoms with E-state index in [-0.39, 0.29) is 11.9 Å². The molecule has 26 heavy (non-hydrogen) atoms. The lowest BCUT2D eigenvalue weighted by Crippen LogP contribution is -2.42. The zero-order chi connectivity index (χ0) is 18.1. The third-order valence-electron chi connectivity index (χ3n) is 5.93. The van der Waals surface area contributed by atoms with Gasteiger partial charge in [-0.15, -0.1) is 0 Å². The second-order valence-electron chi connectivity index (χ2n) is 7.55. The predicted octanol–water partition coefficient (Wildman–Crippen LogP) is 3.48. The van der Waals surface area contributed by atoms with Crippen LogP contribution in [0.3, 0.4) is 0 Å². The molecule has 0 aromatic heterocycles. The summed E-state index contributed by atoms with van der Waals surface area (Å²) in [6.45, 7) is 4.11. The van der Waals surface area contributed by atoms with Crippen molar-refractivity contribution in [1.29, 1.82) is 0 Å². The van der Waals surface area contributed by atoms with Crippen molar-refractivity contribution >= 4 is 11.6 Å². The Morgan fingerprint density at radius 1 is 1.12 bits per heavy atom. The number of amides is 1. The molecule has 4 nitrogen and oxygen atoms in total. The maximum Gasteiger partial charge on any atom is 0.228 e. The Bertz CT molecular complexity index is 782. The highest BCUT2D eigenvalue weighted by atomic mass is 16.3. The molecule has 2 N–H and O–H groups in total. The zero-order valence-corrected chi connectivity index (χ0v) is 15.2. The van der Waals surface area contributed by atoms with Crippen molar-refractivity contribution in [2.45, 2.75) is 44.2 Å². The Morgan fingerprint density at radius 3 is 2.58 bits per heavy atom. The molecule has 2 aliphatic heterocycles. The van der Waals surface area contributed by atoms with Crippen LogP contribution >= 0.6 is 0 Å². The van der Waals surface area contributed by atoms with Gasteiger partial charge in [0.2, 0.25) is 5.91 Å². The first-order chi connectivity index (χ1) is 12.6. The number of carbonyl (C=O) groups excluding carboxylic acids is 1. The van der Waals surface area contributed by atoms with Crippen LogP contribution < -0.4 is 5.32 Å². The number of hydrogen-bond donors (Lipinski definition) is 2. The summed E-state index contributed by atoms with van der Waals surface area (Å²) in [6.07, 6.45) is 2.13. The van der Waals surface area contributed by atoms with E-state index in [1.165, 1.54) is 5.56 Å². The first kappa shape index (κ1) is 17.3. The molecular weight excluding hydrogens is 324 g/mol. The van der Waals surface area contributed by atoms with Crippen LogP contribution in [-0.4, -0.2) is 35.0 Å². The molecule has 1 fully saturated rings. The molecule has 2 aliphatic rings. The van der Waals surface area contributed by atoms with Gasteiger partial charge in [-0.1, -0.05) is 42.5 Å². The largest absolute Gasteiger partial charge is 0.387 e. The minimum Gasteiger partial charge on any atom is -0.387 e. The van der Waals surface area contributed by atoms with Crippen molar-refractivity contribution in [1.82, 2.24) is 4.90 Å². The van der Waals surface area contributed by atoms with Gasteiger partial charge in [0, 0.05) is 11.7 Å². The molecular formula is C22H26N2O2. The standard InChI is InChI=1S/C22H26N2O2/c1-15(22(26)18-7-8-20-19(13-18)14-21(25)23-20)24-11-9-17(10-12-24)16-5-3-2-4-6-16/h2-8,13,15,17,22,26H,9-12,14H2,1H3,(H,23,25)/t15-,22+/m0/s1.